The number of carbonyl (C=O) groups is 1. The minimum Gasteiger partial charge on any atom is -0.339 e. The summed E-state index contributed by atoms with van der Waals surface area (Å²) in [6, 6.07) is 0.456. The molecule has 0 aliphatic carbocycles. The third-order valence-corrected chi connectivity index (χ3v) is 4.43. The quantitative estimate of drug-likeness (QED) is 0.778. The largest absolute Gasteiger partial charge is 0.339 e. The van der Waals surface area contributed by atoms with Crippen LogP contribution in [0.2, 0.25) is 0 Å². The fraction of sp³-hybridized carbons (Fsp3) is 0.938. The third-order valence-electron chi connectivity index (χ3n) is 4.43. The van der Waals surface area contributed by atoms with Crippen LogP contribution in [0.3, 0.4) is 0 Å². The summed E-state index contributed by atoms with van der Waals surface area (Å²) in [5.41, 5.74) is 5.88. The van der Waals surface area contributed by atoms with Crippen molar-refractivity contribution in [3.8, 4) is 0 Å². The van der Waals surface area contributed by atoms with Crippen molar-refractivity contribution in [3.05, 3.63) is 0 Å². The van der Waals surface area contributed by atoms with Gasteiger partial charge in [0.05, 0.1) is 6.54 Å². The summed E-state index contributed by atoms with van der Waals surface area (Å²) in [7, 11) is 0. The zero-order valence-electron chi connectivity index (χ0n) is 13.8. The van der Waals surface area contributed by atoms with Crippen molar-refractivity contribution in [2.75, 3.05) is 32.7 Å². The number of hydrogen-bond donors (Lipinski definition) is 1. The van der Waals surface area contributed by atoms with Gasteiger partial charge < -0.3 is 10.6 Å². The molecule has 0 bridgehead atoms. The van der Waals surface area contributed by atoms with Crippen LogP contribution in [-0.2, 0) is 4.79 Å². The monoisotopic (exact) mass is 283 g/mol. The second kappa shape index (κ2) is 7.99. The third kappa shape index (κ3) is 5.06. The summed E-state index contributed by atoms with van der Waals surface area (Å²) in [6.45, 7) is 12.5. The Kier molecular flexibility index (Phi) is 6.96. The number of nitrogens with zero attached hydrogens (tertiary/aromatic N) is 2. The van der Waals surface area contributed by atoms with E-state index in [0.717, 1.165) is 32.5 Å². The van der Waals surface area contributed by atoms with Crippen LogP contribution in [0.25, 0.3) is 0 Å². The van der Waals surface area contributed by atoms with Crippen LogP contribution < -0.4 is 5.73 Å². The lowest BCUT2D eigenvalue weighted by molar-refractivity contribution is -0.136. The molecule has 1 aliphatic heterocycles. The van der Waals surface area contributed by atoms with E-state index in [2.05, 4.69) is 37.5 Å². The molecule has 20 heavy (non-hydrogen) atoms. The summed E-state index contributed by atoms with van der Waals surface area (Å²) in [6.07, 6.45) is 4.66. The van der Waals surface area contributed by atoms with Gasteiger partial charge in [-0.15, -0.1) is 0 Å². The number of piperidine rings is 1. The highest BCUT2D eigenvalue weighted by molar-refractivity contribution is 5.78. The molecule has 4 nitrogen and oxygen atoms in total. The Labute approximate surface area is 124 Å². The van der Waals surface area contributed by atoms with E-state index in [1.165, 1.54) is 12.8 Å². The molecule has 4 heteroatoms. The molecule has 1 fully saturated rings. The Morgan fingerprint density at radius 2 is 2.05 bits per heavy atom. The predicted molar refractivity (Wildman–Crippen MR) is 84.6 cm³/mol. The number of nitrogens with two attached hydrogens (primary N) is 1. The SMILES string of the molecule is CCC1CCCCN1C(=O)CN(CC)CC(C)(C)CN. The van der Waals surface area contributed by atoms with Crippen LogP contribution >= 0.6 is 0 Å². The molecule has 0 aromatic heterocycles. The molecule has 1 amide bonds. The number of carbonyl (C=O) groups excluding carboxylic acids is 1. The number of hydrogen-bond acceptors (Lipinski definition) is 3. The van der Waals surface area contributed by atoms with E-state index in [1.54, 1.807) is 0 Å². The van der Waals surface area contributed by atoms with E-state index in [-0.39, 0.29) is 5.41 Å². The van der Waals surface area contributed by atoms with Crippen molar-refractivity contribution in [1.29, 1.82) is 0 Å². The highest BCUT2D eigenvalue weighted by atomic mass is 16.2. The van der Waals surface area contributed by atoms with Crippen LogP contribution in [0.1, 0.15) is 53.4 Å². The topological polar surface area (TPSA) is 49.6 Å². The van der Waals surface area contributed by atoms with Gasteiger partial charge in [0.25, 0.3) is 0 Å². The zero-order valence-corrected chi connectivity index (χ0v) is 13.8. The molecule has 2 N–H and O–H groups in total. The molecule has 0 aromatic carbocycles. The highest BCUT2D eigenvalue weighted by Crippen LogP contribution is 2.20. The van der Waals surface area contributed by atoms with Gasteiger partial charge in [-0.2, -0.15) is 0 Å². The molecule has 1 rings (SSSR count). The summed E-state index contributed by atoms with van der Waals surface area (Å²) in [4.78, 5) is 16.9. The molecule has 0 saturated carbocycles. The van der Waals surface area contributed by atoms with Crippen molar-refractivity contribution >= 4 is 5.91 Å². The molecule has 0 aromatic rings. The summed E-state index contributed by atoms with van der Waals surface area (Å²) in [5.74, 6) is 0.297. The van der Waals surface area contributed by atoms with Gasteiger partial charge in [0.1, 0.15) is 0 Å². The summed E-state index contributed by atoms with van der Waals surface area (Å²) >= 11 is 0. The fourth-order valence-corrected chi connectivity index (χ4v) is 2.98. The Balaban J connectivity index is 2.57. The lowest BCUT2D eigenvalue weighted by Crippen LogP contribution is -2.49. The van der Waals surface area contributed by atoms with Gasteiger partial charge >= 0.3 is 0 Å². The zero-order chi connectivity index (χ0) is 15.2. The summed E-state index contributed by atoms with van der Waals surface area (Å²) in [5, 5.41) is 0. The van der Waals surface area contributed by atoms with E-state index in [1.807, 2.05) is 0 Å². The Morgan fingerprint density at radius 3 is 2.60 bits per heavy atom. The minimum absolute atomic E-state index is 0.0718. The second-order valence-corrected chi connectivity index (χ2v) is 6.82. The standard InChI is InChI=1S/C16H33N3O/c1-5-14-9-7-8-10-19(14)15(20)11-18(6-2)13-16(3,4)12-17/h14H,5-13,17H2,1-4H3. The van der Waals surface area contributed by atoms with E-state index in [9.17, 15) is 4.79 Å². The van der Waals surface area contributed by atoms with Crippen molar-refractivity contribution in [2.45, 2.75) is 59.4 Å². The van der Waals surface area contributed by atoms with Crippen LogP contribution in [0.5, 0.6) is 0 Å². The smallest absolute Gasteiger partial charge is 0.236 e. The first-order chi connectivity index (χ1) is 9.43. The number of rotatable bonds is 7. The maximum Gasteiger partial charge on any atom is 0.236 e. The van der Waals surface area contributed by atoms with Gasteiger partial charge in [-0.25, -0.2) is 0 Å². The summed E-state index contributed by atoms with van der Waals surface area (Å²) < 4.78 is 0. The fourth-order valence-electron chi connectivity index (χ4n) is 2.98. The predicted octanol–water partition coefficient (Wildman–Crippen LogP) is 2.08. The Morgan fingerprint density at radius 1 is 1.35 bits per heavy atom. The van der Waals surface area contributed by atoms with Crippen molar-refractivity contribution in [3.63, 3.8) is 0 Å². The van der Waals surface area contributed by atoms with E-state index in [0.29, 0.717) is 25.0 Å². The van der Waals surface area contributed by atoms with Gasteiger partial charge in [-0.1, -0.05) is 27.7 Å². The van der Waals surface area contributed by atoms with Crippen LogP contribution in [0.4, 0.5) is 0 Å². The minimum atomic E-state index is 0.0718. The normalized spacial score (nSPS) is 20.5. The maximum atomic E-state index is 12.6. The molecule has 0 radical (unpaired) electrons. The van der Waals surface area contributed by atoms with Crippen molar-refractivity contribution in [1.82, 2.24) is 9.80 Å². The molecule has 1 saturated heterocycles. The van der Waals surface area contributed by atoms with Gasteiger partial charge in [0.15, 0.2) is 0 Å². The first-order valence-electron chi connectivity index (χ1n) is 8.15. The average molecular weight is 283 g/mol. The molecular weight excluding hydrogens is 250 g/mol. The molecule has 1 heterocycles. The average Bonchev–Trinajstić information content (AvgIpc) is 2.46. The number of likely N-dealkylation sites (N-methyl/N-ethyl adjacent to an activating group) is 1. The molecule has 0 spiro atoms. The molecule has 1 atom stereocenters. The van der Waals surface area contributed by atoms with Gasteiger partial charge in [-0.3, -0.25) is 9.69 Å². The van der Waals surface area contributed by atoms with Gasteiger partial charge in [0, 0.05) is 19.1 Å². The van der Waals surface area contributed by atoms with Crippen LogP contribution in [-0.4, -0.2) is 54.5 Å². The molecule has 1 aliphatic rings. The van der Waals surface area contributed by atoms with E-state index < -0.39 is 0 Å². The number of amides is 1. The molecule has 1 unspecified atom stereocenters. The molecule has 118 valence electrons. The number of likely N-dealkylation sites (tertiary alicyclic amines) is 1. The highest BCUT2D eigenvalue weighted by Gasteiger charge is 2.27. The van der Waals surface area contributed by atoms with E-state index in [4.69, 9.17) is 5.73 Å². The van der Waals surface area contributed by atoms with Crippen LogP contribution in [0.15, 0.2) is 0 Å². The first-order valence-corrected chi connectivity index (χ1v) is 8.15. The van der Waals surface area contributed by atoms with Crippen molar-refractivity contribution < 1.29 is 4.79 Å². The maximum absolute atomic E-state index is 12.6. The van der Waals surface area contributed by atoms with Crippen molar-refractivity contribution in [2.24, 2.45) is 11.1 Å². The first kappa shape index (κ1) is 17.4. The Bertz CT molecular complexity index is 304. The van der Waals surface area contributed by atoms with Crippen LogP contribution in [0, 0.1) is 5.41 Å². The van der Waals surface area contributed by atoms with Gasteiger partial charge in [-0.05, 0) is 44.2 Å². The Hall–Kier alpha value is -0.610. The molecular formula is C16H33N3O. The second-order valence-electron chi connectivity index (χ2n) is 6.82. The van der Waals surface area contributed by atoms with Gasteiger partial charge in [0.2, 0.25) is 5.91 Å². The lowest BCUT2D eigenvalue weighted by Gasteiger charge is -2.37. The van der Waals surface area contributed by atoms with E-state index >= 15 is 0 Å². The lowest BCUT2D eigenvalue weighted by atomic mass is 9.93.